The first-order valence-electron chi connectivity index (χ1n) is 13.6. The smallest absolute Gasteiger partial charge is 0.355 e. The van der Waals surface area contributed by atoms with Crippen LogP contribution in [0.4, 0.5) is 0 Å². The molecular weight excluding hydrogens is 520 g/mol. The average Bonchev–Trinajstić information content (AvgIpc) is 3.36. The second-order valence-corrected chi connectivity index (χ2v) is 9.66. The molecule has 0 unspecified atom stereocenters. The first-order chi connectivity index (χ1) is 19.7. The lowest BCUT2D eigenvalue weighted by molar-refractivity contribution is 0.0505. The Kier molecular flexibility index (Phi) is 9.02. The second kappa shape index (κ2) is 12.6. The molecule has 0 fully saturated rings. The van der Waals surface area contributed by atoms with Gasteiger partial charge in [-0.05, 0) is 68.7 Å². The second-order valence-electron chi connectivity index (χ2n) is 9.66. The average molecular weight is 557 g/mol. The summed E-state index contributed by atoms with van der Waals surface area (Å²) in [7, 11) is 3.67. The molecule has 1 N–H and O–H groups in total. The van der Waals surface area contributed by atoms with Crippen molar-refractivity contribution in [3.63, 3.8) is 0 Å². The highest BCUT2D eigenvalue weighted by Crippen LogP contribution is 2.30. The highest BCUT2D eigenvalue weighted by atomic mass is 16.5. The minimum absolute atomic E-state index is 0.188. The number of rotatable bonds is 7. The van der Waals surface area contributed by atoms with E-state index in [2.05, 4.69) is 0 Å². The normalized spacial score (nSPS) is 10.8. The third-order valence-corrected chi connectivity index (χ3v) is 7.05. The number of phenolic OH excluding ortho intramolecular Hbond substituents is 1. The molecule has 0 aliphatic carbocycles. The Morgan fingerprint density at radius 2 is 1.24 bits per heavy atom. The Morgan fingerprint density at radius 1 is 0.732 bits per heavy atom. The number of esters is 2. The Morgan fingerprint density at radius 3 is 1.78 bits per heavy atom. The third-order valence-electron chi connectivity index (χ3n) is 7.05. The van der Waals surface area contributed by atoms with Crippen molar-refractivity contribution >= 4 is 33.7 Å². The van der Waals surface area contributed by atoms with Gasteiger partial charge in [0.1, 0.15) is 29.5 Å². The molecule has 0 amide bonds. The molecule has 5 rings (SSSR count). The molecule has 2 heterocycles. The molecule has 41 heavy (non-hydrogen) atoms. The van der Waals surface area contributed by atoms with Crippen LogP contribution in [0.3, 0.4) is 0 Å². The van der Waals surface area contributed by atoms with E-state index in [0.717, 1.165) is 44.2 Å². The summed E-state index contributed by atoms with van der Waals surface area (Å²) in [5.41, 5.74) is 5.83. The summed E-state index contributed by atoms with van der Waals surface area (Å²) in [5.74, 6) is 0.347. The van der Waals surface area contributed by atoms with Crippen molar-refractivity contribution in [3.05, 3.63) is 94.8 Å². The van der Waals surface area contributed by atoms with Gasteiger partial charge in [-0.1, -0.05) is 30.3 Å². The van der Waals surface area contributed by atoms with E-state index in [0.29, 0.717) is 31.2 Å². The Balaban J connectivity index is 0.000000201. The van der Waals surface area contributed by atoms with Crippen LogP contribution in [0, 0.1) is 13.8 Å². The van der Waals surface area contributed by atoms with Gasteiger partial charge in [-0.2, -0.15) is 0 Å². The van der Waals surface area contributed by atoms with Gasteiger partial charge in [-0.3, -0.25) is 0 Å². The van der Waals surface area contributed by atoms with Gasteiger partial charge < -0.3 is 28.5 Å². The number of aryl methyl sites for hydroxylation is 4. The quantitative estimate of drug-likeness (QED) is 0.227. The summed E-state index contributed by atoms with van der Waals surface area (Å²) in [6.07, 6.45) is 0. The van der Waals surface area contributed by atoms with E-state index in [1.807, 2.05) is 87.0 Å². The van der Waals surface area contributed by atoms with Gasteiger partial charge in [-0.25, -0.2) is 9.59 Å². The molecular formula is C33H36N2O6. The van der Waals surface area contributed by atoms with E-state index in [-0.39, 0.29) is 17.7 Å². The first kappa shape index (κ1) is 29.3. The fourth-order valence-corrected chi connectivity index (χ4v) is 5.03. The standard InChI is InChI=1S/C20H21NO3.C13H15NO3/c1-4-23-20(22)19-14(2)17-11-10-16(12-18(17)21(19)3)24-13-15-8-6-5-7-9-15;1-4-17-13(16)12-8(2)10-6-5-9(15)7-11(10)14(12)3/h5-12H,4,13H2,1-3H3;5-7,15H,4H2,1-3H3. The van der Waals surface area contributed by atoms with Gasteiger partial charge in [-0.15, -0.1) is 0 Å². The molecule has 0 saturated carbocycles. The van der Waals surface area contributed by atoms with Crippen molar-refractivity contribution < 1.29 is 28.9 Å². The number of ether oxygens (including phenoxy) is 3. The fourth-order valence-electron chi connectivity index (χ4n) is 5.03. The molecule has 5 aromatic rings. The van der Waals surface area contributed by atoms with Gasteiger partial charge in [0.25, 0.3) is 0 Å². The van der Waals surface area contributed by atoms with Crippen LogP contribution in [0.2, 0.25) is 0 Å². The fraction of sp³-hybridized carbons (Fsp3) is 0.273. The number of aromatic nitrogens is 2. The third kappa shape index (κ3) is 6.06. The van der Waals surface area contributed by atoms with Gasteiger partial charge in [0.15, 0.2) is 0 Å². The van der Waals surface area contributed by atoms with Gasteiger partial charge in [0.05, 0.1) is 24.2 Å². The first-order valence-corrected chi connectivity index (χ1v) is 13.6. The summed E-state index contributed by atoms with van der Waals surface area (Å²) >= 11 is 0. The Labute approximate surface area is 239 Å². The maximum absolute atomic E-state index is 12.2. The molecule has 0 atom stereocenters. The zero-order chi connectivity index (χ0) is 29.7. The van der Waals surface area contributed by atoms with Crippen LogP contribution >= 0.6 is 0 Å². The van der Waals surface area contributed by atoms with Crippen molar-refractivity contribution in [1.82, 2.24) is 9.13 Å². The highest BCUT2D eigenvalue weighted by molar-refractivity contribution is 6.00. The van der Waals surface area contributed by atoms with E-state index in [1.165, 1.54) is 0 Å². The van der Waals surface area contributed by atoms with E-state index in [9.17, 15) is 14.7 Å². The molecule has 8 nitrogen and oxygen atoms in total. The van der Waals surface area contributed by atoms with Crippen molar-refractivity contribution in [2.75, 3.05) is 13.2 Å². The highest BCUT2D eigenvalue weighted by Gasteiger charge is 2.20. The monoisotopic (exact) mass is 556 g/mol. The van der Waals surface area contributed by atoms with E-state index in [1.54, 1.807) is 30.7 Å². The molecule has 0 aliphatic heterocycles. The number of hydrogen-bond donors (Lipinski definition) is 1. The summed E-state index contributed by atoms with van der Waals surface area (Å²) in [5, 5.41) is 11.5. The lowest BCUT2D eigenvalue weighted by Crippen LogP contribution is -2.11. The van der Waals surface area contributed by atoms with Crippen molar-refractivity contribution in [3.8, 4) is 11.5 Å². The van der Waals surface area contributed by atoms with Crippen molar-refractivity contribution in [2.45, 2.75) is 34.3 Å². The Bertz CT molecular complexity index is 1700. The number of fused-ring (bicyclic) bond motifs is 2. The SMILES string of the molecule is CCOC(=O)c1c(C)c2ccc(O)cc2n1C.CCOC(=O)c1c(C)c2ccc(OCc3ccccc3)cc2n1C. The summed E-state index contributed by atoms with van der Waals surface area (Å²) in [6.45, 7) is 8.65. The number of nitrogens with zero attached hydrogens (tertiary/aromatic N) is 2. The number of hydrogen-bond acceptors (Lipinski definition) is 6. The molecule has 0 bridgehead atoms. The number of benzene rings is 3. The zero-order valence-electron chi connectivity index (χ0n) is 24.4. The van der Waals surface area contributed by atoms with Crippen LogP contribution in [-0.2, 0) is 30.2 Å². The predicted octanol–water partition coefficient (Wildman–Crippen LogP) is 6.61. The van der Waals surface area contributed by atoms with Crippen LogP contribution in [0.15, 0.2) is 66.7 Å². The topological polar surface area (TPSA) is 91.9 Å². The molecule has 3 aromatic carbocycles. The molecule has 2 aromatic heterocycles. The number of carbonyl (C=O) groups is 2. The number of aromatic hydroxyl groups is 1. The van der Waals surface area contributed by atoms with Crippen molar-refractivity contribution in [2.24, 2.45) is 14.1 Å². The van der Waals surface area contributed by atoms with Gasteiger partial charge in [0.2, 0.25) is 0 Å². The van der Waals surface area contributed by atoms with Crippen LogP contribution < -0.4 is 4.74 Å². The van der Waals surface area contributed by atoms with E-state index >= 15 is 0 Å². The molecule has 0 saturated heterocycles. The molecule has 0 radical (unpaired) electrons. The molecule has 0 spiro atoms. The van der Waals surface area contributed by atoms with Crippen LogP contribution in [0.5, 0.6) is 11.5 Å². The maximum Gasteiger partial charge on any atom is 0.355 e. The van der Waals surface area contributed by atoms with Crippen LogP contribution in [0.25, 0.3) is 21.8 Å². The largest absolute Gasteiger partial charge is 0.508 e. The maximum atomic E-state index is 12.2. The zero-order valence-corrected chi connectivity index (χ0v) is 24.4. The van der Waals surface area contributed by atoms with Crippen molar-refractivity contribution in [1.29, 1.82) is 0 Å². The summed E-state index contributed by atoms with van der Waals surface area (Å²) < 4.78 is 19.7. The summed E-state index contributed by atoms with van der Waals surface area (Å²) in [4.78, 5) is 24.0. The van der Waals surface area contributed by atoms with Gasteiger partial charge >= 0.3 is 11.9 Å². The number of phenols is 1. The molecule has 0 aliphatic rings. The number of carbonyl (C=O) groups excluding carboxylic acids is 2. The predicted molar refractivity (Wildman–Crippen MR) is 160 cm³/mol. The van der Waals surface area contributed by atoms with E-state index in [4.69, 9.17) is 14.2 Å². The minimum atomic E-state index is -0.330. The van der Waals surface area contributed by atoms with E-state index < -0.39 is 0 Å². The molecule has 214 valence electrons. The molecule has 8 heteroatoms. The van der Waals surface area contributed by atoms with Crippen LogP contribution in [-0.4, -0.2) is 39.4 Å². The van der Waals surface area contributed by atoms with Gasteiger partial charge in [0, 0.05) is 37.0 Å². The minimum Gasteiger partial charge on any atom is -0.508 e. The lowest BCUT2D eigenvalue weighted by atomic mass is 10.1. The Hall–Kier alpha value is -4.72. The lowest BCUT2D eigenvalue weighted by Gasteiger charge is -2.07. The summed E-state index contributed by atoms with van der Waals surface area (Å²) in [6, 6.07) is 21.0. The van der Waals surface area contributed by atoms with Crippen LogP contribution in [0.1, 0.15) is 51.5 Å².